The minimum absolute atomic E-state index is 0.0593. The summed E-state index contributed by atoms with van der Waals surface area (Å²) < 4.78 is 45.3. The van der Waals surface area contributed by atoms with E-state index in [0.717, 1.165) is 11.3 Å². The number of carbonyl (C=O) groups excluding carboxylic acids is 2. The van der Waals surface area contributed by atoms with Gasteiger partial charge in [-0.15, -0.1) is 0 Å². The number of ketones is 1. The zero-order valence-electron chi connectivity index (χ0n) is 18.7. The SMILES string of the molecule is C[C@H](C(N)=O)N(c1ccc(F)cc1)c1nc(N)c(C(=O)c2cc(CN3CCC(F)(F)CC3)no2)s1. The number of piperidine rings is 1. The molecule has 13 heteroatoms. The number of benzene rings is 1. The first-order chi connectivity index (χ1) is 16.5. The van der Waals surface area contributed by atoms with Crippen molar-refractivity contribution in [1.29, 1.82) is 0 Å². The van der Waals surface area contributed by atoms with Crippen molar-refractivity contribution in [3.05, 3.63) is 52.5 Å². The van der Waals surface area contributed by atoms with E-state index in [0.29, 0.717) is 11.4 Å². The summed E-state index contributed by atoms with van der Waals surface area (Å²) in [5, 5.41) is 4.09. The zero-order chi connectivity index (χ0) is 25.3. The summed E-state index contributed by atoms with van der Waals surface area (Å²) in [4.78, 5) is 32.5. The summed E-state index contributed by atoms with van der Waals surface area (Å²) in [5.41, 5.74) is 12.4. The van der Waals surface area contributed by atoms with Crippen LogP contribution in [0.3, 0.4) is 0 Å². The number of thiazole rings is 1. The van der Waals surface area contributed by atoms with Crippen molar-refractivity contribution in [3.63, 3.8) is 0 Å². The van der Waals surface area contributed by atoms with Crippen LogP contribution in [-0.2, 0) is 11.3 Å². The number of hydrogen-bond donors (Lipinski definition) is 2. The monoisotopic (exact) mass is 508 g/mol. The van der Waals surface area contributed by atoms with E-state index < -0.39 is 29.5 Å². The van der Waals surface area contributed by atoms with Gasteiger partial charge in [0.25, 0.3) is 5.92 Å². The fourth-order valence-electron chi connectivity index (χ4n) is 3.69. The average molecular weight is 509 g/mol. The minimum Gasteiger partial charge on any atom is -0.382 e. The van der Waals surface area contributed by atoms with Crippen molar-refractivity contribution < 1.29 is 27.3 Å². The predicted octanol–water partition coefficient (Wildman–Crippen LogP) is 3.33. The Bertz CT molecular complexity index is 1220. The second-order valence-corrected chi connectivity index (χ2v) is 9.26. The summed E-state index contributed by atoms with van der Waals surface area (Å²) >= 11 is 0.917. The molecular weight excluding hydrogens is 485 g/mol. The van der Waals surface area contributed by atoms with Crippen LogP contribution in [0.15, 0.2) is 34.9 Å². The van der Waals surface area contributed by atoms with Gasteiger partial charge in [-0.1, -0.05) is 16.5 Å². The van der Waals surface area contributed by atoms with Gasteiger partial charge in [-0.2, -0.15) is 0 Å². The maximum Gasteiger partial charge on any atom is 0.250 e. The average Bonchev–Trinajstić information content (AvgIpc) is 3.43. The van der Waals surface area contributed by atoms with Gasteiger partial charge in [-0.3, -0.25) is 14.5 Å². The van der Waals surface area contributed by atoms with Crippen LogP contribution < -0.4 is 16.4 Å². The van der Waals surface area contributed by atoms with Crippen molar-refractivity contribution in [2.24, 2.45) is 5.73 Å². The van der Waals surface area contributed by atoms with Gasteiger partial charge in [-0.25, -0.2) is 18.2 Å². The van der Waals surface area contributed by atoms with E-state index in [4.69, 9.17) is 16.0 Å². The number of rotatable bonds is 8. The molecule has 4 N–H and O–H groups in total. The van der Waals surface area contributed by atoms with Gasteiger partial charge in [0.05, 0.1) is 5.69 Å². The molecule has 3 heterocycles. The van der Waals surface area contributed by atoms with Crippen LogP contribution in [0, 0.1) is 5.82 Å². The number of anilines is 3. The molecule has 0 bridgehead atoms. The number of aromatic nitrogens is 2. The molecule has 1 aliphatic heterocycles. The lowest BCUT2D eigenvalue weighted by atomic mass is 10.1. The van der Waals surface area contributed by atoms with Crippen LogP contribution in [0.2, 0.25) is 0 Å². The lowest BCUT2D eigenvalue weighted by Crippen LogP contribution is -2.39. The fraction of sp³-hybridized carbons (Fsp3) is 0.364. The fourth-order valence-corrected chi connectivity index (χ4v) is 4.72. The summed E-state index contributed by atoms with van der Waals surface area (Å²) in [6, 6.07) is 5.91. The first-order valence-electron chi connectivity index (χ1n) is 10.7. The van der Waals surface area contributed by atoms with Gasteiger partial charge < -0.3 is 20.9 Å². The number of hydrogen-bond acceptors (Lipinski definition) is 9. The molecular formula is C22H23F3N6O3S. The van der Waals surface area contributed by atoms with Crippen molar-refractivity contribution in [2.75, 3.05) is 23.7 Å². The molecule has 0 unspecified atom stereocenters. The highest BCUT2D eigenvalue weighted by atomic mass is 32.1. The molecule has 0 radical (unpaired) electrons. The topological polar surface area (TPSA) is 132 Å². The Balaban J connectivity index is 1.55. The van der Waals surface area contributed by atoms with Gasteiger partial charge >= 0.3 is 0 Å². The quantitative estimate of drug-likeness (QED) is 0.443. The number of carbonyl (C=O) groups is 2. The van der Waals surface area contributed by atoms with Gasteiger partial charge in [0.2, 0.25) is 17.5 Å². The van der Waals surface area contributed by atoms with Crippen LogP contribution in [0.25, 0.3) is 0 Å². The van der Waals surface area contributed by atoms with Gasteiger partial charge in [0.15, 0.2) is 5.13 Å². The van der Waals surface area contributed by atoms with Crippen molar-refractivity contribution >= 4 is 39.7 Å². The number of amides is 1. The Labute approximate surface area is 202 Å². The van der Waals surface area contributed by atoms with E-state index in [-0.39, 0.29) is 54.1 Å². The van der Waals surface area contributed by atoms with Gasteiger partial charge in [-0.05, 0) is 31.2 Å². The molecule has 1 atom stereocenters. The maximum atomic E-state index is 13.4. The Kier molecular flexibility index (Phi) is 6.81. The van der Waals surface area contributed by atoms with Crippen LogP contribution in [0.4, 0.5) is 29.8 Å². The first kappa shape index (κ1) is 24.7. The van der Waals surface area contributed by atoms with E-state index in [1.54, 1.807) is 6.92 Å². The van der Waals surface area contributed by atoms with E-state index in [2.05, 4.69) is 10.1 Å². The molecule has 1 amide bonds. The van der Waals surface area contributed by atoms with Gasteiger partial charge in [0, 0.05) is 44.2 Å². The Morgan fingerprint density at radius 1 is 1.26 bits per heavy atom. The van der Waals surface area contributed by atoms with E-state index >= 15 is 0 Å². The molecule has 0 saturated carbocycles. The van der Waals surface area contributed by atoms with Crippen LogP contribution in [0.1, 0.15) is 40.9 Å². The lowest BCUT2D eigenvalue weighted by Gasteiger charge is -2.30. The maximum absolute atomic E-state index is 13.4. The number of halogens is 3. The first-order valence-corrected chi connectivity index (χ1v) is 11.6. The van der Waals surface area contributed by atoms with Crippen LogP contribution >= 0.6 is 11.3 Å². The number of nitrogens with zero attached hydrogens (tertiary/aromatic N) is 4. The third-order valence-corrected chi connectivity index (χ3v) is 6.78. The highest BCUT2D eigenvalue weighted by molar-refractivity contribution is 7.18. The van der Waals surface area contributed by atoms with Crippen molar-refractivity contribution in [1.82, 2.24) is 15.0 Å². The standard InChI is InChI=1S/C22H23F3N6O3S/c1-12(20(27)33)31(15-4-2-13(23)3-5-15)21-28-19(26)18(35-21)17(32)16-10-14(29-34-16)11-30-8-6-22(24,25)7-9-30/h2-5,10,12H,6-9,11,26H2,1H3,(H2,27,33)/t12-/m1/s1. The third-order valence-electron chi connectivity index (χ3n) is 5.71. The van der Waals surface area contributed by atoms with E-state index in [9.17, 15) is 22.8 Å². The van der Waals surface area contributed by atoms with Crippen LogP contribution in [0.5, 0.6) is 0 Å². The second-order valence-electron chi connectivity index (χ2n) is 8.28. The highest BCUT2D eigenvalue weighted by Crippen LogP contribution is 2.36. The number of likely N-dealkylation sites (tertiary alicyclic amines) is 1. The molecule has 1 aromatic carbocycles. The summed E-state index contributed by atoms with van der Waals surface area (Å²) in [7, 11) is 0. The largest absolute Gasteiger partial charge is 0.382 e. The summed E-state index contributed by atoms with van der Waals surface area (Å²) in [6.07, 6.45) is -0.462. The second kappa shape index (κ2) is 9.66. The molecule has 186 valence electrons. The van der Waals surface area contributed by atoms with E-state index in [1.807, 2.05) is 4.90 Å². The molecule has 0 spiro atoms. The normalized spacial score (nSPS) is 16.7. The molecule has 35 heavy (non-hydrogen) atoms. The van der Waals surface area contributed by atoms with Gasteiger partial charge in [0.1, 0.15) is 22.6 Å². The third kappa shape index (κ3) is 5.46. The smallest absolute Gasteiger partial charge is 0.250 e. The molecule has 2 aromatic heterocycles. The van der Waals surface area contributed by atoms with E-state index in [1.165, 1.54) is 35.2 Å². The number of alkyl halides is 2. The minimum atomic E-state index is -2.66. The molecule has 1 aliphatic rings. The van der Waals surface area contributed by atoms with Crippen molar-refractivity contribution in [3.8, 4) is 0 Å². The number of nitrogen functional groups attached to an aromatic ring is 1. The lowest BCUT2D eigenvalue weighted by molar-refractivity contribution is -0.118. The number of nitrogens with two attached hydrogens (primary N) is 2. The summed E-state index contributed by atoms with van der Waals surface area (Å²) in [5.74, 6) is -4.52. The Morgan fingerprint density at radius 3 is 2.54 bits per heavy atom. The Morgan fingerprint density at radius 2 is 1.91 bits per heavy atom. The molecule has 4 rings (SSSR count). The molecule has 9 nitrogen and oxygen atoms in total. The van der Waals surface area contributed by atoms with Crippen molar-refractivity contribution in [2.45, 2.75) is 38.3 Å². The molecule has 1 saturated heterocycles. The summed E-state index contributed by atoms with van der Waals surface area (Å²) in [6.45, 7) is 2.24. The molecule has 3 aromatic rings. The predicted molar refractivity (Wildman–Crippen MR) is 123 cm³/mol. The number of primary amides is 1. The zero-order valence-corrected chi connectivity index (χ0v) is 19.5. The highest BCUT2D eigenvalue weighted by Gasteiger charge is 2.34. The Hall–Kier alpha value is -3.45. The van der Waals surface area contributed by atoms with Crippen LogP contribution in [-0.4, -0.2) is 51.8 Å². The molecule has 1 fully saturated rings. The molecule has 0 aliphatic carbocycles.